The number of imidazole rings is 1. The number of nitrogens with zero attached hydrogens (tertiary/aromatic N) is 2. The molecule has 0 atom stereocenters. The van der Waals surface area contributed by atoms with Crippen molar-refractivity contribution in [2.24, 2.45) is 5.92 Å². The molecule has 1 aliphatic heterocycles. The van der Waals surface area contributed by atoms with Crippen LogP contribution in [0, 0.1) is 5.92 Å². The van der Waals surface area contributed by atoms with Crippen LogP contribution in [-0.2, 0) is 19.5 Å². The standard InChI is InChI=1S/C16H27N3/c1-12(2)16-18-14-11-17-9-7-15(14)19(16)10-8-13-5-3-4-6-13/h12-13,17H,3-11H2,1-2H3. The summed E-state index contributed by atoms with van der Waals surface area (Å²) in [6, 6.07) is 0. The highest BCUT2D eigenvalue weighted by Gasteiger charge is 2.22. The van der Waals surface area contributed by atoms with Crippen molar-refractivity contribution >= 4 is 0 Å². The smallest absolute Gasteiger partial charge is 0.111 e. The van der Waals surface area contributed by atoms with Gasteiger partial charge in [-0.1, -0.05) is 39.5 Å². The Balaban J connectivity index is 1.78. The van der Waals surface area contributed by atoms with Gasteiger partial charge in [0, 0.05) is 37.7 Å². The molecule has 1 N–H and O–H groups in total. The van der Waals surface area contributed by atoms with Crippen molar-refractivity contribution in [1.29, 1.82) is 0 Å². The highest BCUT2D eigenvalue weighted by Crippen LogP contribution is 2.29. The van der Waals surface area contributed by atoms with Crippen molar-refractivity contribution in [1.82, 2.24) is 14.9 Å². The normalized spacial score (nSPS) is 20.2. The monoisotopic (exact) mass is 261 g/mol. The second kappa shape index (κ2) is 5.66. The molecule has 2 heterocycles. The summed E-state index contributed by atoms with van der Waals surface area (Å²) in [6.07, 6.45) is 8.32. The lowest BCUT2D eigenvalue weighted by molar-refractivity contribution is 0.439. The fourth-order valence-electron chi connectivity index (χ4n) is 3.69. The molecule has 0 unspecified atom stereocenters. The first-order valence-electron chi connectivity index (χ1n) is 8.04. The summed E-state index contributed by atoms with van der Waals surface area (Å²) in [5, 5.41) is 3.44. The average Bonchev–Trinajstić information content (AvgIpc) is 3.03. The van der Waals surface area contributed by atoms with E-state index in [1.54, 1.807) is 0 Å². The number of fused-ring (bicyclic) bond motifs is 1. The van der Waals surface area contributed by atoms with Gasteiger partial charge in [0.2, 0.25) is 0 Å². The third kappa shape index (κ3) is 2.71. The van der Waals surface area contributed by atoms with Gasteiger partial charge in [0.25, 0.3) is 0 Å². The first-order chi connectivity index (χ1) is 9.25. The van der Waals surface area contributed by atoms with Gasteiger partial charge in [0.15, 0.2) is 0 Å². The molecule has 2 aliphatic rings. The van der Waals surface area contributed by atoms with E-state index in [9.17, 15) is 0 Å². The van der Waals surface area contributed by atoms with Gasteiger partial charge in [-0.3, -0.25) is 0 Å². The number of rotatable bonds is 4. The van der Waals surface area contributed by atoms with Crippen LogP contribution < -0.4 is 5.32 Å². The van der Waals surface area contributed by atoms with Gasteiger partial charge in [-0.15, -0.1) is 0 Å². The Morgan fingerprint density at radius 2 is 2.11 bits per heavy atom. The Bertz CT molecular complexity index is 427. The van der Waals surface area contributed by atoms with Gasteiger partial charge in [-0.25, -0.2) is 4.98 Å². The predicted octanol–water partition coefficient (Wildman–Crippen LogP) is 3.23. The van der Waals surface area contributed by atoms with Crippen molar-refractivity contribution in [3.8, 4) is 0 Å². The lowest BCUT2D eigenvalue weighted by Gasteiger charge is -2.18. The fourth-order valence-corrected chi connectivity index (χ4v) is 3.69. The Hall–Kier alpha value is -0.830. The topological polar surface area (TPSA) is 29.9 Å². The molecule has 0 spiro atoms. The van der Waals surface area contributed by atoms with Crippen molar-refractivity contribution in [3.05, 3.63) is 17.2 Å². The molecule has 3 rings (SSSR count). The van der Waals surface area contributed by atoms with Gasteiger partial charge in [0.05, 0.1) is 5.69 Å². The summed E-state index contributed by atoms with van der Waals surface area (Å²) in [6.45, 7) is 7.81. The summed E-state index contributed by atoms with van der Waals surface area (Å²) in [5.74, 6) is 2.82. The van der Waals surface area contributed by atoms with Crippen LogP contribution in [0.25, 0.3) is 0 Å². The summed E-state index contributed by atoms with van der Waals surface area (Å²) in [5.41, 5.74) is 2.82. The summed E-state index contributed by atoms with van der Waals surface area (Å²) >= 11 is 0. The molecule has 0 amide bonds. The lowest BCUT2D eigenvalue weighted by atomic mass is 10.0. The minimum Gasteiger partial charge on any atom is -0.331 e. The summed E-state index contributed by atoms with van der Waals surface area (Å²) in [7, 11) is 0. The molecule has 1 fully saturated rings. The van der Waals surface area contributed by atoms with Crippen LogP contribution in [0.2, 0.25) is 0 Å². The van der Waals surface area contributed by atoms with Gasteiger partial charge < -0.3 is 9.88 Å². The zero-order valence-electron chi connectivity index (χ0n) is 12.4. The number of hydrogen-bond donors (Lipinski definition) is 1. The van der Waals surface area contributed by atoms with E-state index >= 15 is 0 Å². The maximum absolute atomic E-state index is 4.90. The molecule has 0 radical (unpaired) electrons. The van der Waals surface area contributed by atoms with E-state index in [2.05, 4.69) is 23.7 Å². The zero-order valence-corrected chi connectivity index (χ0v) is 12.4. The Morgan fingerprint density at radius 3 is 2.84 bits per heavy atom. The fraction of sp³-hybridized carbons (Fsp3) is 0.812. The number of aromatic nitrogens is 2. The van der Waals surface area contributed by atoms with Crippen molar-refractivity contribution in [2.75, 3.05) is 6.54 Å². The van der Waals surface area contributed by atoms with E-state index in [1.807, 2.05) is 0 Å². The van der Waals surface area contributed by atoms with Crippen LogP contribution in [0.4, 0.5) is 0 Å². The second-order valence-corrected chi connectivity index (χ2v) is 6.54. The van der Waals surface area contributed by atoms with Gasteiger partial charge in [-0.2, -0.15) is 0 Å². The molecule has 0 aromatic carbocycles. The van der Waals surface area contributed by atoms with Crippen molar-refractivity contribution < 1.29 is 0 Å². The van der Waals surface area contributed by atoms with Crippen LogP contribution >= 0.6 is 0 Å². The van der Waals surface area contributed by atoms with Crippen LogP contribution in [-0.4, -0.2) is 16.1 Å². The molecular weight excluding hydrogens is 234 g/mol. The van der Waals surface area contributed by atoms with Gasteiger partial charge in [0.1, 0.15) is 5.82 Å². The second-order valence-electron chi connectivity index (χ2n) is 6.54. The quantitative estimate of drug-likeness (QED) is 0.902. The lowest BCUT2D eigenvalue weighted by Crippen LogP contribution is -2.25. The van der Waals surface area contributed by atoms with E-state index in [4.69, 9.17) is 4.98 Å². The molecule has 1 aromatic heterocycles. The highest BCUT2D eigenvalue weighted by molar-refractivity contribution is 5.21. The molecule has 0 saturated heterocycles. The SMILES string of the molecule is CC(C)c1nc2c(n1CCC1CCCC1)CCNC2. The largest absolute Gasteiger partial charge is 0.331 e. The minimum absolute atomic E-state index is 0.536. The van der Waals surface area contributed by atoms with Gasteiger partial charge in [-0.05, 0) is 12.3 Å². The van der Waals surface area contributed by atoms with E-state index in [0.29, 0.717) is 5.92 Å². The maximum Gasteiger partial charge on any atom is 0.111 e. The summed E-state index contributed by atoms with van der Waals surface area (Å²) < 4.78 is 2.55. The third-order valence-corrected chi connectivity index (χ3v) is 4.77. The molecular formula is C16H27N3. The number of nitrogens with one attached hydrogen (secondary N) is 1. The summed E-state index contributed by atoms with van der Waals surface area (Å²) in [4.78, 5) is 4.90. The molecule has 3 nitrogen and oxygen atoms in total. The molecule has 1 aromatic rings. The molecule has 106 valence electrons. The highest BCUT2D eigenvalue weighted by atomic mass is 15.1. The van der Waals surface area contributed by atoms with Crippen molar-refractivity contribution in [2.45, 2.75) is 71.4 Å². The first kappa shape index (κ1) is 13.2. The van der Waals surface area contributed by atoms with E-state index < -0.39 is 0 Å². The van der Waals surface area contributed by atoms with Crippen LogP contribution in [0.15, 0.2) is 0 Å². The third-order valence-electron chi connectivity index (χ3n) is 4.77. The molecule has 3 heteroatoms. The zero-order chi connectivity index (χ0) is 13.2. The number of hydrogen-bond acceptors (Lipinski definition) is 2. The van der Waals surface area contributed by atoms with Crippen LogP contribution in [0.3, 0.4) is 0 Å². The van der Waals surface area contributed by atoms with E-state index in [0.717, 1.165) is 25.4 Å². The molecule has 19 heavy (non-hydrogen) atoms. The Morgan fingerprint density at radius 1 is 1.32 bits per heavy atom. The first-order valence-corrected chi connectivity index (χ1v) is 8.04. The van der Waals surface area contributed by atoms with Gasteiger partial charge >= 0.3 is 0 Å². The molecule has 0 bridgehead atoms. The van der Waals surface area contributed by atoms with Crippen LogP contribution in [0.1, 0.15) is 69.1 Å². The average molecular weight is 261 g/mol. The Kier molecular flexibility index (Phi) is 3.92. The van der Waals surface area contributed by atoms with E-state index in [1.165, 1.54) is 55.9 Å². The van der Waals surface area contributed by atoms with Crippen molar-refractivity contribution in [3.63, 3.8) is 0 Å². The molecule has 1 aliphatic carbocycles. The predicted molar refractivity (Wildman–Crippen MR) is 78.3 cm³/mol. The molecule has 1 saturated carbocycles. The van der Waals surface area contributed by atoms with Crippen LogP contribution in [0.5, 0.6) is 0 Å². The maximum atomic E-state index is 4.90. The van der Waals surface area contributed by atoms with E-state index in [-0.39, 0.29) is 0 Å². The Labute approximate surface area is 116 Å². The minimum atomic E-state index is 0.536.